The molecule has 1 N–H and O–H groups in total. The van der Waals surface area contributed by atoms with Gasteiger partial charge in [0.05, 0.1) is 17.9 Å². The predicted octanol–water partition coefficient (Wildman–Crippen LogP) is 6.04. The summed E-state index contributed by atoms with van der Waals surface area (Å²) in [6, 6.07) is 18.5. The van der Waals surface area contributed by atoms with Crippen molar-refractivity contribution in [1.29, 1.82) is 0 Å². The van der Waals surface area contributed by atoms with Crippen molar-refractivity contribution in [3.8, 4) is 11.5 Å². The Hall–Kier alpha value is -2.75. The van der Waals surface area contributed by atoms with Gasteiger partial charge in [0.1, 0.15) is 11.5 Å². The molecular weight excluding hydrogens is 322 g/mol. The van der Waals surface area contributed by atoms with Crippen LogP contribution in [0.1, 0.15) is 44.7 Å². The maximum absolute atomic E-state index is 5.89. The van der Waals surface area contributed by atoms with Gasteiger partial charge < -0.3 is 10.1 Å². The number of hydrogen-bond donors (Lipinski definition) is 1. The Morgan fingerprint density at radius 3 is 2.38 bits per heavy atom. The van der Waals surface area contributed by atoms with Gasteiger partial charge in [-0.2, -0.15) is 5.10 Å². The molecule has 0 aliphatic heterocycles. The maximum Gasteiger partial charge on any atom is 0.127 e. The van der Waals surface area contributed by atoms with Crippen LogP contribution in [0.5, 0.6) is 11.5 Å². The summed E-state index contributed by atoms with van der Waals surface area (Å²) in [5.41, 5.74) is 2.33. The summed E-state index contributed by atoms with van der Waals surface area (Å²) in [6.45, 7) is 5.32. The van der Waals surface area contributed by atoms with Crippen LogP contribution in [-0.4, -0.2) is 9.78 Å². The van der Waals surface area contributed by atoms with E-state index in [1.807, 2.05) is 53.3 Å². The number of aryl methyl sites for hydroxylation is 1. The minimum atomic E-state index is 0.269. The van der Waals surface area contributed by atoms with Crippen molar-refractivity contribution in [3.63, 3.8) is 0 Å². The first-order valence-electron chi connectivity index (χ1n) is 9.40. The van der Waals surface area contributed by atoms with Gasteiger partial charge in [-0.1, -0.05) is 50.6 Å². The zero-order chi connectivity index (χ0) is 18.2. The Labute approximate surface area is 155 Å². The van der Waals surface area contributed by atoms with E-state index >= 15 is 0 Å². The molecule has 26 heavy (non-hydrogen) atoms. The molecule has 0 aliphatic rings. The fourth-order valence-electron chi connectivity index (χ4n) is 2.99. The van der Waals surface area contributed by atoms with Crippen molar-refractivity contribution in [1.82, 2.24) is 9.78 Å². The van der Waals surface area contributed by atoms with Crippen molar-refractivity contribution in [3.05, 3.63) is 72.6 Å². The zero-order valence-electron chi connectivity index (χ0n) is 15.6. The van der Waals surface area contributed by atoms with E-state index in [-0.39, 0.29) is 6.04 Å². The molecule has 2 aromatic carbocycles. The zero-order valence-corrected chi connectivity index (χ0v) is 15.6. The standard InChI is InChI=1S/C22H27N3O/c1-3-8-22(24-19-16-23-25(17-19)15-4-2)18-11-13-21(14-12-18)26-20-9-6-5-7-10-20/h5-7,9-14,16-17,22,24H,3-4,8,15H2,1-2H3. The summed E-state index contributed by atoms with van der Waals surface area (Å²) in [7, 11) is 0. The minimum Gasteiger partial charge on any atom is -0.457 e. The number of aromatic nitrogens is 2. The van der Waals surface area contributed by atoms with Gasteiger partial charge in [-0.25, -0.2) is 0 Å². The van der Waals surface area contributed by atoms with Crippen LogP contribution in [0.25, 0.3) is 0 Å². The molecule has 4 nitrogen and oxygen atoms in total. The van der Waals surface area contributed by atoms with Gasteiger partial charge in [-0.15, -0.1) is 0 Å². The second kappa shape index (κ2) is 9.09. The lowest BCUT2D eigenvalue weighted by atomic mass is 10.0. The fourth-order valence-corrected chi connectivity index (χ4v) is 2.99. The van der Waals surface area contributed by atoms with E-state index in [0.29, 0.717) is 0 Å². The monoisotopic (exact) mass is 349 g/mol. The van der Waals surface area contributed by atoms with Crippen LogP contribution in [0.3, 0.4) is 0 Å². The van der Waals surface area contributed by atoms with Crippen molar-refractivity contribution in [2.75, 3.05) is 5.32 Å². The first kappa shape index (κ1) is 18.1. The topological polar surface area (TPSA) is 39.1 Å². The fraction of sp³-hybridized carbons (Fsp3) is 0.318. The second-order valence-corrected chi connectivity index (χ2v) is 6.46. The number of anilines is 1. The van der Waals surface area contributed by atoms with Crippen LogP contribution in [-0.2, 0) is 6.54 Å². The van der Waals surface area contributed by atoms with Crippen molar-refractivity contribution in [2.45, 2.75) is 45.7 Å². The van der Waals surface area contributed by atoms with Crippen LogP contribution in [0.4, 0.5) is 5.69 Å². The Kier molecular flexibility index (Phi) is 6.31. The molecule has 3 rings (SSSR count). The van der Waals surface area contributed by atoms with E-state index in [2.05, 4.69) is 42.6 Å². The number of nitrogens with zero attached hydrogens (tertiary/aromatic N) is 2. The molecule has 1 unspecified atom stereocenters. The summed E-state index contributed by atoms with van der Waals surface area (Å²) < 4.78 is 7.88. The highest BCUT2D eigenvalue weighted by molar-refractivity contribution is 5.43. The Balaban J connectivity index is 1.68. The molecule has 0 aliphatic carbocycles. The Morgan fingerprint density at radius 2 is 1.69 bits per heavy atom. The number of rotatable bonds is 9. The average Bonchev–Trinajstić information content (AvgIpc) is 3.10. The Bertz CT molecular complexity index is 781. The molecule has 136 valence electrons. The third-order valence-corrected chi connectivity index (χ3v) is 4.27. The number of nitrogens with one attached hydrogen (secondary N) is 1. The van der Waals surface area contributed by atoms with Crippen LogP contribution in [0, 0.1) is 0 Å². The first-order chi connectivity index (χ1) is 12.8. The van der Waals surface area contributed by atoms with E-state index in [4.69, 9.17) is 4.74 Å². The van der Waals surface area contributed by atoms with E-state index in [9.17, 15) is 0 Å². The van der Waals surface area contributed by atoms with Gasteiger partial charge >= 0.3 is 0 Å². The third kappa shape index (κ3) is 4.88. The number of hydrogen-bond acceptors (Lipinski definition) is 3. The van der Waals surface area contributed by atoms with Gasteiger partial charge in [-0.3, -0.25) is 4.68 Å². The normalized spacial score (nSPS) is 11.9. The molecule has 1 atom stereocenters. The summed E-state index contributed by atoms with van der Waals surface area (Å²) in [6.07, 6.45) is 7.26. The van der Waals surface area contributed by atoms with E-state index < -0.39 is 0 Å². The smallest absolute Gasteiger partial charge is 0.127 e. The van der Waals surface area contributed by atoms with Crippen LogP contribution in [0.2, 0.25) is 0 Å². The SMILES string of the molecule is CCCC(Nc1cnn(CCC)c1)c1ccc(Oc2ccccc2)cc1. The van der Waals surface area contributed by atoms with Gasteiger partial charge in [0.25, 0.3) is 0 Å². The largest absolute Gasteiger partial charge is 0.457 e. The average molecular weight is 349 g/mol. The molecule has 1 heterocycles. The molecule has 0 amide bonds. The van der Waals surface area contributed by atoms with Crippen molar-refractivity contribution in [2.24, 2.45) is 0 Å². The van der Waals surface area contributed by atoms with Crippen LogP contribution in [0.15, 0.2) is 67.0 Å². The third-order valence-electron chi connectivity index (χ3n) is 4.27. The highest BCUT2D eigenvalue weighted by Gasteiger charge is 2.12. The van der Waals surface area contributed by atoms with Crippen LogP contribution < -0.4 is 10.1 Å². The number of para-hydroxylation sites is 1. The van der Waals surface area contributed by atoms with Gasteiger partial charge in [0.2, 0.25) is 0 Å². The lowest BCUT2D eigenvalue weighted by Gasteiger charge is -2.19. The highest BCUT2D eigenvalue weighted by atomic mass is 16.5. The molecular formula is C22H27N3O. The van der Waals surface area contributed by atoms with Crippen LogP contribution >= 0.6 is 0 Å². The Morgan fingerprint density at radius 1 is 0.962 bits per heavy atom. The number of ether oxygens (including phenoxy) is 1. The molecule has 0 radical (unpaired) electrons. The first-order valence-corrected chi connectivity index (χ1v) is 9.40. The molecule has 1 aromatic heterocycles. The molecule has 0 bridgehead atoms. The number of benzene rings is 2. The highest BCUT2D eigenvalue weighted by Crippen LogP contribution is 2.27. The molecule has 0 fully saturated rings. The van der Waals surface area contributed by atoms with Gasteiger partial charge in [0, 0.05) is 12.7 Å². The summed E-state index contributed by atoms with van der Waals surface area (Å²) >= 11 is 0. The van der Waals surface area contributed by atoms with Crippen molar-refractivity contribution >= 4 is 5.69 Å². The molecule has 3 aromatic rings. The molecule has 0 saturated heterocycles. The van der Waals surface area contributed by atoms with E-state index in [1.165, 1.54) is 5.56 Å². The quantitative estimate of drug-likeness (QED) is 0.512. The van der Waals surface area contributed by atoms with E-state index in [1.54, 1.807) is 0 Å². The summed E-state index contributed by atoms with van der Waals surface area (Å²) in [4.78, 5) is 0. The second-order valence-electron chi connectivity index (χ2n) is 6.46. The summed E-state index contributed by atoms with van der Waals surface area (Å²) in [5, 5.41) is 8.03. The van der Waals surface area contributed by atoms with Gasteiger partial charge in [-0.05, 0) is 42.7 Å². The predicted molar refractivity (Wildman–Crippen MR) is 107 cm³/mol. The molecule has 4 heteroatoms. The summed E-state index contributed by atoms with van der Waals surface area (Å²) in [5.74, 6) is 1.71. The molecule has 0 saturated carbocycles. The minimum absolute atomic E-state index is 0.269. The van der Waals surface area contributed by atoms with E-state index in [0.717, 1.165) is 43.0 Å². The van der Waals surface area contributed by atoms with Gasteiger partial charge in [0.15, 0.2) is 0 Å². The lowest BCUT2D eigenvalue weighted by molar-refractivity contribution is 0.482. The lowest BCUT2D eigenvalue weighted by Crippen LogP contribution is -2.10. The maximum atomic E-state index is 5.89. The molecule has 0 spiro atoms. The van der Waals surface area contributed by atoms with Crippen molar-refractivity contribution < 1.29 is 4.74 Å².